The van der Waals surface area contributed by atoms with E-state index in [1.807, 2.05) is 18.2 Å². The summed E-state index contributed by atoms with van der Waals surface area (Å²) in [7, 11) is 1.64. The summed E-state index contributed by atoms with van der Waals surface area (Å²) in [6.45, 7) is 1.26. The molecule has 1 atom stereocenters. The lowest BCUT2D eigenvalue weighted by Gasteiger charge is -2.26. The second-order valence-corrected chi connectivity index (χ2v) is 4.16. The van der Waals surface area contributed by atoms with E-state index >= 15 is 0 Å². The number of carbonyl (C=O) groups is 1. The van der Waals surface area contributed by atoms with Crippen molar-refractivity contribution in [3.8, 4) is 5.75 Å². The van der Waals surface area contributed by atoms with Gasteiger partial charge in [-0.1, -0.05) is 0 Å². The van der Waals surface area contributed by atoms with Gasteiger partial charge in [-0.05, 0) is 36.1 Å². The fourth-order valence-electron chi connectivity index (χ4n) is 2.05. The lowest BCUT2D eigenvalue weighted by atomic mass is 9.94. The van der Waals surface area contributed by atoms with Crippen molar-refractivity contribution in [2.24, 2.45) is 5.92 Å². The summed E-state index contributed by atoms with van der Waals surface area (Å²) in [5.74, 6) is 1.11. The SMILES string of the molecule is COc1ccc2c(c1)CC(CNC(=O)O)CN2. The van der Waals surface area contributed by atoms with Crippen LogP contribution in [0.5, 0.6) is 5.75 Å². The van der Waals surface area contributed by atoms with E-state index in [4.69, 9.17) is 9.84 Å². The number of ether oxygens (including phenoxy) is 1. The van der Waals surface area contributed by atoms with Gasteiger partial charge in [-0.25, -0.2) is 4.79 Å². The van der Waals surface area contributed by atoms with Crippen LogP contribution in [0.1, 0.15) is 5.56 Å². The molecule has 1 aliphatic rings. The first kappa shape index (κ1) is 11.6. The molecule has 5 heteroatoms. The number of benzene rings is 1. The first-order valence-corrected chi connectivity index (χ1v) is 5.56. The van der Waals surface area contributed by atoms with Crippen LogP contribution >= 0.6 is 0 Å². The molecule has 1 unspecified atom stereocenters. The Balaban J connectivity index is 2.03. The second-order valence-electron chi connectivity index (χ2n) is 4.16. The molecule has 1 aliphatic heterocycles. The third-order valence-electron chi connectivity index (χ3n) is 2.94. The van der Waals surface area contributed by atoms with E-state index in [-0.39, 0.29) is 5.92 Å². The van der Waals surface area contributed by atoms with E-state index in [1.165, 1.54) is 5.56 Å². The van der Waals surface area contributed by atoms with E-state index in [0.717, 1.165) is 24.4 Å². The monoisotopic (exact) mass is 236 g/mol. The Bertz CT molecular complexity index is 420. The van der Waals surface area contributed by atoms with Gasteiger partial charge in [-0.3, -0.25) is 0 Å². The van der Waals surface area contributed by atoms with E-state index in [9.17, 15) is 4.79 Å². The highest BCUT2D eigenvalue weighted by atomic mass is 16.5. The predicted octanol–water partition coefficient (Wildman–Crippen LogP) is 1.55. The Kier molecular flexibility index (Phi) is 3.37. The van der Waals surface area contributed by atoms with Crippen LogP contribution in [0.15, 0.2) is 18.2 Å². The van der Waals surface area contributed by atoms with E-state index in [0.29, 0.717) is 6.54 Å². The number of anilines is 1. The molecule has 0 aromatic heterocycles. The molecule has 2 rings (SSSR count). The van der Waals surface area contributed by atoms with Gasteiger partial charge in [0, 0.05) is 18.8 Å². The molecule has 1 aromatic carbocycles. The fourth-order valence-corrected chi connectivity index (χ4v) is 2.05. The number of nitrogens with one attached hydrogen (secondary N) is 2. The molecule has 0 radical (unpaired) electrons. The molecule has 0 saturated carbocycles. The number of hydrogen-bond acceptors (Lipinski definition) is 3. The van der Waals surface area contributed by atoms with Gasteiger partial charge in [0.1, 0.15) is 5.75 Å². The van der Waals surface area contributed by atoms with Crippen molar-refractivity contribution in [3.63, 3.8) is 0 Å². The quantitative estimate of drug-likeness (QED) is 0.744. The number of carboxylic acid groups (broad SMARTS) is 1. The Hall–Kier alpha value is -1.91. The number of fused-ring (bicyclic) bond motifs is 1. The highest BCUT2D eigenvalue weighted by Gasteiger charge is 2.19. The maximum atomic E-state index is 10.4. The van der Waals surface area contributed by atoms with Crippen LogP contribution in [0.2, 0.25) is 0 Å². The summed E-state index contributed by atoms with van der Waals surface area (Å²) in [6, 6.07) is 5.91. The number of methoxy groups -OCH3 is 1. The largest absolute Gasteiger partial charge is 0.497 e. The molecule has 1 heterocycles. The molecule has 3 N–H and O–H groups in total. The summed E-state index contributed by atoms with van der Waals surface area (Å²) in [5, 5.41) is 14.3. The number of rotatable bonds is 3. The lowest BCUT2D eigenvalue weighted by molar-refractivity contribution is 0.192. The second kappa shape index (κ2) is 4.95. The first-order valence-electron chi connectivity index (χ1n) is 5.56. The van der Waals surface area contributed by atoms with Gasteiger partial charge in [0.15, 0.2) is 0 Å². The number of hydrogen-bond donors (Lipinski definition) is 3. The Morgan fingerprint density at radius 3 is 3.18 bits per heavy atom. The van der Waals surface area contributed by atoms with E-state index in [2.05, 4.69) is 10.6 Å². The standard InChI is InChI=1S/C12H16N2O3/c1-17-10-2-3-11-9(5-10)4-8(6-13-11)7-14-12(15)16/h2-3,5,8,13-14H,4,6-7H2,1H3,(H,15,16). The van der Waals surface area contributed by atoms with Gasteiger partial charge >= 0.3 is 6.09 Å². The number of amides is 1. The minimum absolute atomic E-state index is 0.283. The molecule has 1 amide bonds. The molecule has 0 fully saturated rings. The zero-order valence-electron chi connectivity index (χ0n) is 9.69. The van der Waals surface area contributed by atoms with Gasteiger partial charge < -0.3 is 20.5 Å². The van der Waals surface area contributed by atoms with E-state index in [1.54, 1.807) is 7.11 Å². The zero-order chi connectivity index (χ0) is 12.3. The predicted molar refractivity (Wildman–Crippen MR) is 64.7 cm³/mol. The molecule has 0 spiro atoms. The van der Waals surface area contributed by atoms with Crippen LogP contribution in [0.3, 0.4) is 0 Å². The van der Waals surface area contributed by atoms with E-state index < -0.39 is 6.09 Å². The van der Waals surface area contributed by atoms with Crippen molar-refractivity contribution in [2.75, 3.05) is 25.5 Å². The van der Waals surface area contributed by atoms with Crippen LogP contribution in [-0.4, -0.2) is 31.4 Å². The highest BCUT2D eigenvalue weighted by molar-refractivity contribution is 5.64. The average Bonchev–Trinajstić information content (AvgIpc) is 2.35. The smallest absolute Gasteiger partial charge is 0.404 e. The van der Waals surface area contributed by atoms with Crippen LogP contribution in [-0.2, 0) is 6.42 Å². The molecule has 0 saturated heterocycles. The topological polar surface area (TPSA) is 70.6 Å². The Morgan fingerprint density at radius 1 is 1.65 bits per heavy atom. The molecule has 0 aliphatic carbocycles. The highest BCUT2D eigenvalue weighted by Crippen LogP contribution is 2.28. The molecule has 5 nitrogen and oxygen atoms in total. The lowest BCUT2D eigenvalue weighted by Crippen LogP contribution is -2.34. The van der Waals surface area contributed by atoms with Crippen LogP contribution < -0.4 is 15.4 Å². The van der Waals surface area contributed by atoms with Gasteiger partial charge in [0.2, 0.25) is 0 Å². The van der Waals surface area contributed by atoms with Crippen molar-refractivity contribution in [2.45, 2.75) is 6.42 Å². The maximum Gasteiger partial charge on any atom is 0.404 e. The minimum atomic E-state index is -0.971. The average molecular weight is 236 g/mol. The molecule has 0 bridgehead atoms. The van der Waals surface area contributed by atoms with Gasteiger partial charge in [-0.2, -0.15) is 0 Å². The maximum absolute atomic E-state index is 10.4. The van der Waals surface area contributed by atoms with Gasteiger partial charge in [0.05, 0.1) is 7.11 Å². The van der Waals surface area contributed by atoms with Crippen LogP contribution in [0.25, 0.3) is 0 Å². The van der Waals surface area contributed by atoms with Crippen LogP contribution in [0, 0.1) is 5.92 Å². The first-order chi connectivity index (χ1) is 8.19. The molecular formula is C12H16N2O3. The van der Waals surface area contributed by atoms with Gasteiger partial charge in [-0.15, -0.1) is 0 Å². The van der Waals surface area contributed by atoms with Crippen LogP contribution in [0.4, 0.5) is 10.5 Å². The summed E-state index contributed by atoms with van der Waals surface area (Å²) < 4.78 is 5.18. The summed E-state index contributed by atoms with van der Waals surface area (Å²) >= 11 is 0. The van der Waals surface area contributed by atoms with Crippen molar-refractivity contribution in [1.29, 1.82) is 0 Å². The van der Waals surface area contributed by atoms with Crippen molar-refractivity contribution in [3.05, 3.63) is 23.8 Å². The van der Waals surface area contributed by atoms with Crippen molar-refractivity contribution < 1.29 is 14.6 Å². The fraction of sp³-hybridized carbons (Fsp3) is 0.417. The third-order valence-corrected chi connectivity index (χ3v) is 2.94. The zero-order valence-corrected chi connectivity index (χ0v) is 9.69. The third kappa shape index (κ3) is 2.81. The summed E-state index contributed by atoms with van der Waals surface area (Å²) in [4.78, 5) is 10.4. The Morgan fingerprint density at radius 2 is 2.47 bits per heavy atom. The summed E-state index contributed by atoms with van der Waals surface area (Å²) in [5.41, 5.74) is 2.28. The molecule has 1 aromatic rings. The molecule has 92 valence electrons. The van der Waals surface area contributed by atoms with Crippen molar-refractivity contribution in [1.82, 2.24) is 5.32 Å². The summed E-state index contributed by atoms with van der Waals surface area (Å²) in [6.07, 6.45) is -0.110. The Labute approximate surface area is 99.8 Å². The normalized spacial score (nSPS) is 17.8. The van der Waals surface area contributed by atoms with Crippen molar-refractivity contribution >= 4 is 11.8 Å². The molecule has 17 heavy (non-hydrogen) atoms. The molecular weight excluding hydrogens is 220 g/mol. The minimum Gasteiger partial charge on any atom is -0.497 e. The van der Waals surface area contributed by atoms with Gasteiger partial charge in [0.25, 0.3) is 0 Å².